The van der Waals surface area contributed by atoms with Crippen molar-refractivity contribution in [3.8, 4) is 11.5 Å². The Kier molecular flexibility index (Phi) is 8.41. The Hall–Kier alpha value is -3.35. The van der Waals surface area contributed by atoms with Crippen LogP contribution < -0.4 is 20.2 Å². The van der Waals surface area contributed by atoms with E-state index in [1.807, 2.05) is 52.0 Å². The predicted molar refractivity (Wildman–Crippen MR) is 117 cm³/mol. The minimum Gasteiger partial charge on any atom is -0.497 e. The van der Waals surface area contributed by atoms with Gasteiger partial charge in [0, 0.05) is 5.56 Å². The molecule has 0 fully saturated rings. The van der Waals surface area contributed by atoms with Gasteiger partial charge in [-0.3, -0.25) is 9.59 Å². The number of amides is 2. The number of rotatable bonds is 9. The van der Waals surface area contributed by atoms with Gasteiger partial charge in [0.2, 0.25) is 0 Å². The summed E-state index contributed by atoms with van der Waals surface area (Å²) in [4.78, 5) is 25.1. The summed E-state index contributed by atoms with van der Waals surface area (Å²) in [5.74, 6) is 0.533. The summed E-state index contributed by atoms with van der Waals surface area (Å²) in [6.07, 6.45) is 1.60. The van der Waals surface area contributed by atoms with E-state index in [0.717, 1.165) is 11.3 Å². The highest BCUT2D eigenvalue weighted by atomic mass is 16.5. The fraction of sp³-hybridized carbons (Fsp3) is 0.348. The summed E-state index contributed by atoms with van der Waals surface area (Å²) in [6, 6.07) is 13.4. The quantitative estimate of drug-likeness (QED) is 0.489. The van der Waals surface area contributed by atoms with Crippen molar-refractivity contribution in [2.45, 2.75) is 39.8 Å². The van der Waals surface area contributed by atoms with Crippen molar-refractivity contribution in [3.63, 3.8) is 0 Å². The molecular weight excluding hydrogens is 382 g/mol. The molecule has 0 aliphatic heterocycles. The van der Waals surface area contributed by atoms with Gasteiger partial charge < -0.3 is 14.8 Å². The molecule has 2 N–H and O–H groups in total. The Labute approximate surface area is 177 Å². The van der Waals surface area contributed by atoms with Crippen molar-refractivity contribution < 1.29 is 19.1 Å². The molecule has 160 valence electrons. The topological polar surface area (TPSA) is 89.0 Å². The fourth-order valence-corrected chi connectivity index (χ4v) is 2.68. The van der Waals surface area contributed by atoms with Crippen LogP contribution >= 0.6 is 0 Å². The summed E-state index contributed by atoms with van der Waals surface area (Å²) in [5.41, 5.74) is 3.74. The van der Waals surface area contributed by atoms with Crippen LogP contribution in [0, 0.1) is 5.92 Å². The van der Waals surface area contributed by atoms with Crippen molar-refractivity contribution in [1.29, 1.82) is 0 Å². The van der Waals surface area contributed by atoms with E-state index < -0.39 is 11.9 Å². The standard InChI is InChI=1S/C23H29N3O4/c1-15(2)21(25-22(27)18-9-11-19(29-5)12-10-18)23(28)26-24-14-17-7-6-8-20(13-17)30-16(3)4/h6-16,21H,1-5H3,(H,25,27)(H,26,28). The molecule has 0 aliphatic carbocycles. The fourth-order valence-electron chi connectivity index (χ4n) is 2.68. The average Bonchev–Trinajstić information content (AvgIpc) is 2.71. The Balaban J connectivity index is 1.99. The van der Waals surface area contributed by atoms with Crippen LogP contribution in [0.1, 0.15) is 43.6 Å². The molecule has 0 bridgehead atoms. The normalized spacial score (nSPS) is 12.1. The van der Waals surface area contributed by atoms with E-state index in [-0.39, 0.29) is 17.9 Å². The van der Waals surface area contributed by atoms with Gasteiger partial charge in [-0.15, -0.1) is 0 Å². The van der Waals surface area contributed by atoms with Crippen molar-refractivity contribution in [2.24, 2.45) is 11.0 Å². The molecule has 0 aliphatic rings. The Bertz CT molecular complexity index is 876. The number of carbonyl (C=O) groups excluding carboxylic acids is 2. The van der Waals surface area contributed by atoms with Crippen molar-refractivity contribution in [3.05, 3.63) is 59.7 Å². The average molecular weight is 412 g/mol. The second kappa shape index (κ2) is 11.0. The van der Waals surface area contributed by atoms with Crippen molar-refractivity contribution in [1.82, 2.24) is 10.7 Å². The number of hydrogen-bond donors (Lipinski definition) is 2. The van der Waals surface area contributed by atoms with Gasteiger partial charge in [-0.05, 0) is 61.7 Å². The summed E-state index contributed by atoms with van der Waals surface area (Å²) < 4.78 is 10.7. The maximum absolute atomic E-state index is 12.6. The van der Waals surface area contributed by atoms with Gasteiger partial charge >= 0.3 is 0 Å². The predicted octanol–water partition coefficient (Wildman–Crippen LogP) is 3.39. The number of benzene rings is 2. The van der Waals surface area contributed by atoms with Crippen molar-refractivity contribution >= 4 is 18.0 Å². The monoisotopic (exact) mass is 411 g/mol. The maximum Gasteiger partial charge on any atom is 0.262 e. The SMILES string of the molecule is COc1ccc(C(=O)NC(C(=O)NN=Cc2cccc(OC(C)C)c2)C(C)C)cc1. The first-order valence-corrected chi connectivity index (χ1v) is 9.84. The lowest BCUT2D eigenvalue weighted by Gasteiger charge is -2.20. The van der Waals surface area contributed by atoms with Gasteiger partial charge in [0.05, 0.1) is 19.4 Å². The minimum absolute atomic E-state index is 0.0676. The second-order valence-electron chi connectivity index (χ2n) is 7.40. The number of methoxy groups -OCH3 is 1. The number of ether oxygens (including phenoxy) is 2. The Morgan fingerprint density at radius 3 is 2.30 bits per heavy atom. The smallest absolute Gasteiger partial charge is 0.262 e. The molecule has 0 heterocycles. The van der Waals surface area contributed by atoms with E-state index in [2.05, 4.69) is 15.8 Å². The van der Waals surface area contributed by atoms with Gasteiger partial charge in [-0.25, -0.2) is 5.43 Å². The third kappa shape index (κ3) is 6.92. The van der Waals surface area contributed by atoms with E-state index >= 15 is 0 Å². The highest BCUT2D eigenvalue weighted by molar-refractivity contribution is 5.97. The first-order valence-electron chi connectivity index (χ1n) is 9.84. The molecule has 0 aromatic heterocycles. The molecule has 2 aromatic rings. The summed E-state index contributed by atoms with van der Waals surface area (Å²) in [5, 5.41) is 6.78. The van der Waals surface area contributed by atoms with Gasteiger partial charge in [0.25, 0.3) is 11.8 Å². The summed E-state index contributed by atoms with van der Waals surface area (Å²) >= 11 is 0. The highest BCUT2D eigenvalue weighted by Gasteiger charge is 2.24. The lowest BCUT2D eigenvalue weighted by atomic mass is 10.0. The molecule has 0 saturated carbocycles. The molecular formula is C23H29N3O4. The van der Waals surface area contributed by atoms with Gasteiger partial charge in [0.15, 0.2) is 0 Å². The first-order chi connectivity index (χ1) is 14.3. The Morgan fingerprint density at radius 2 is 1.70 bits per heavy atom. The van der Waals surface area contributed by atoms with Crippen LogP contribution in [0.2, 0.25) is 0 Å². The molecule has 2 amide bonds. The summed E-state index contributed by atoms with van der Waals surface area (Å²) in [6.45, 7) is 7.62. The molecule has 0 spiro atoms. The lowest BCUT2D eigenvalue weighted by molar-refractivity contribution is -0.123. The largest absolute Gasteiger partial charge is 0.497 e. The minimum atomic E-state index is -0.729. The number of nitrogens with zero attached hydrogens (tertiary/aromatic N) is 1. The third-order valence-electron chi connectivity index (χ3n) is 4.21. The van der Waals surface area contributed by atoms with E-state index in [1.54, 1.807) is 31.4 Å². The number of carbonyl (C=O) groups is 2. The van der Waals surface area contributed by atoms with E-state index in [1.165, 1.54) is 6.21 Å². The van der Waals surface area contributed by atoms with Gasteiger partial charge in [-0.2, -0.15) is 5.10 Å². The van der Waals surface area contributed by atoms with E-state index in [0.29, 0.717) is 11.3 Å². The molecule has 7 heteroatoms. The van der Waals surface area contributed by atoms with E-state index in [9.17, 15) is 9.59 Å². The van der Waals surface area contributed by atoms with Crippen LogP contribution in [0.4, 0.5) is 0 Å². The van der Waals surface area contributed by atoms with Gasteiger partial charge in [-0.1, -0.05) is 26.0 Å². The van der Waals surface area contributed by atoms with Crippen LogP contribution in [0.25, 0.3) is 0 Å². The molecule has 0 saturated heterocycles. The zero-order valence-electron chi connectivity index (χ0n) is 18.0. The molecule has 30 heavy (non-hydrogen) atoms. The number of nitrogens with one attached hydrogen (secondary N) is 2. The molecule has 2 aromatic carbocycles. The molecule has 0 radical (unpaired) electrons. The first kappa shape index (κ1) is 22.9. The number of hydrogen-bond acceptors (Lipinski definition) is 5. The zero-order chi connectivity index (χ0) is 22.1. The Morgan fingerprint density at radius 1 is 1.00 bits per heavy atom. The molecule has 1 unspecified atom stereocenters. The van der Waals surface area contributed by atoms with E-state index in [4.69, 9.17) is 9.47 Å². The van der Waals surface area contributed by atoms with Crippen LogP contribution in [-0.4, -0.2) is 37.3 Å². The zero-order valence-corrected chi connectivity index (χ0v) is 18.0. The van der Waals surface area contributed by atoms with Crippen LogP contribution in [0.5, 0.6) is 11.5 Å². The second-order valence-corrected chi connectivity index (χ2v) is 7.40. The summed E-state index contributed by atoms with van der Waals surface area (Å²) in [7, 11) is 1.56. The molecule has 2 rings (SSSR count). The molecule has 7 nitrogen and oxygen atoms in total. The van der Waals surface area contributed by atoms with Crippen LogP contribution in [0.15, 0.2) is 53.6 Å². The maximum atomic E-state index is 12.6. The number of hydrazone groups is 1. The van der Waals surface area contributed by atoms with Crippen LogP contribution in [0.3, 0.4) is 0 Å². The van der Waals surface area contributed by atoms with Crippen molar-refractivity contribution in [2.75, 3.05) is 7.11 Å². The lowest BCUT2D eigenvalue weighted by Crippen LogP contribution is -2.48. The highest BCUT2D eigenvalue weighted by Crippen LogP contribution is 2.14. The van der Waals surface area contributed by atoms with Gasteiger partial charge in [0.1, 0.15) is 17.5 Å². The van der Waals surface area contributed by atoms with Crippen LogP contribution in [-0.2, 0) is 4.79 Å². The molecule has 1 atom stereocenters. The third-order valence-corrected chi connectivity index (χ3v) is 4.21.